The summed E-state index contributed by atoms with van der Waals surface area (Å²) in [5.74, 6) is -1.80. The summed E-state index contributed by atoms with van der Waals surface area (Å²) in [5.41, 5.74) is 0.606. The highest BCUT2D eigenvalue weighted by atomic mass is 16.5. The zero-order valence-corrected chi connectivity index (χ0v) is 14.4. The Hall–Kier alpha value is -3.10. The van der Waals surface area contributed by atoms with Gasteiger partial charge < -0.3 is 25.4 Å². The van der Waals surface area contributed by atoms with Crippen molar-refractivity contribution in [2.45, 2.75) is 25.9 Å². The SMILES string of the molecule is CCC1Oc2ccccc2N(CCC(=O)NCC(=O)NCC(=O)O)C1=O. The number of amides is 3. The van der Waals surface area contributed by atoms with Gasteiger partial charge in [0.25, 0.3) is 5.91 Å². The summed E-state index contributed by atoms with van der Waals surface area (Å²) < 4.78 is 5.66. The number of hydrogen-bond donors (Lipinski definition) is 3. The van der Waals surface area contributed by atoms with Gasteiger partial charge in [0.05, 0.1) is 12.2 Å². The first-order chi connectivity index (χ1) is 12.4. The van der Waals surface area contributed by atoms with Crippen LogP contribution in [-0.2, 0) is 19.2 Å². The van der Waals surface area contributed by atoms with Gasteiger partial charge in [0, 0.05) is 13.0 Å². The van der Waals surface area contributed by atoms with Gasteiger partial charge in [-0.15, -0.1) is 0 Å². The molecule has 3 amide bonds. The molecule has 0 radical (unpaired) electrons. The summed E-state index contributed by atoms with van der Waals surface area (Å²) in [6.07, 6.45) is -0.0720. The second-order valence-corrected chi connectivity index (χ2v) is 5.67. The lowest BCUT2D eigenvalue weighted by molar-refractivity contribution is -0.137. The Kier molecular flexibility index (Phi) is 6.54. The smallest absolute Gasteiger partial charge is 0.322 e. The molecule has 1 unspecified atom stereocenters. The van der Waals surface area contributed by atoms with E-state index in [-0.39, 0.29) is 25.4 Å². The molecular weight excluding hydrogens is 342 g/mol. The molecule has 0 fully saturated rings. The molecule has 9 nitrogen and oxygen atoms in total. The van der Waals surface area contributed by atoms with Gasteiger partial charge in [-0.1, -0.05) is 19.1 Å². The van der Waals surface area contributed by atoms with Crippen LogP contribution in [0.3, 0.4) is 0 Å². The fourth-order valence-electron chi connectivity index (χ4n) is 2.48. The normalized spacial score (nSPS) is 15.7. The van der Waals surface area contributed by atoms with E-state index in [1.54, 1.807) is 18.2 Å². The van der Waals surface area contributed by atoms with Crippen LogP contribution in [0.2, 0.25) is 0 Å². The molecule has 0 aliphatic carbocycles. The van der Waals surface area contributed by atoms with Crippen LogP contribution >= 0.6 is 0 Å². The second-order valence-electron chi connectivity index (χ2n) is 5.67. The van der Waals surface area contributed by atoms with Crippen molar-refractivity contribution in [3.8, 4) is 5.75 Å². The maximum Gasteiger partial charge on any atom is 0.322 e. The van der Waals surface area contributed by atoms with Gasteiger partial charge in [0.2, 0.25) is 11.8 Å². The van der Waals surface area contributed by atoms with Gasteiger partial charge >= 0.3 is 5.97 Å². The van der Waals surface area contributed by atoms with Crippen LogP contribution in [0.15, 0.2) is 24.3 Å². The highest BCUT2D eigenvalue weighted by Crippen LogP contribution is 2.34. The molecule has 0 spiro atoms. The average Bonchev–Trinajstić information content (AvgIpc) is 2.63. The molecule has 1 aromatic carbocycles. The van der Waals surface area contributed by atoms with Crippen molar-refractivity contribution in [3.63, 3.8) is 0 Å². The van der Waals surface area contributed by atoms with Crippen LogP contribution in [0.25, 0.3) is 0 Å². The molecule has 0 saturated heterocycles. The summed E-state index contributed by atoms with van der Waals surface area (Å²) >= 11 is 0. The monoisotopic (exact) mass is 363 g/mol. The number of anilines is 1. The van der Waals surface area contributed by atoms with Gasteiger partial charge in [-0.2, -0.15) is 0 Å². The first-order valence-electron chi connectivity index (χ1n) is 8.24. The second kappa shape index (κ2) is 8.84. The van der Waals surface area contributed by atoms with Gasteiger partial charge in [0.15, 0.2) is 6.10 Å². The van der Waals surface area contributed by atoms with E-state index >= 15 is 0 Å². The van der Waals surface area contributed by atoms with E-state index < -0.39 is 30.4 Å². The lowest BCUT2D eigenvalue weighted by atomic mass is 10.1. The zero-order chi connectivity index (χ0) is 19.1. The van der Waals surface area contributed by atoms with E-state index in [0.29, 0.717) is 17.9 Å². The number of ether oxygens (including phenoxy) is 1. The molecule has 0 saturated carbocycles. The maximum atomic E-state index is 12.5. The number of fused-ring (bicyclic) bond motifs is 1. The van der Waals surface area contributed by atoms with E-state index in [9.17, 15) is 19.2 Å². The number of nitrogens with zero attached hydrogens (tertiary/aromatic N) is 1. The molecule has 1 heterocycles. The maximum absolute atomic E-state index is 12.5. The molecule has 26 heavy (non-hydrogen) atoms. The predicted molar refractivity (Wildman–Crippen MR) is 91.8 cm³/mol. The van der Waals surface area contributed by atoms with Gasteiger partial charge in [0.1, 0.15) is 12.3 Å². The summed E-state index contributed by atoms with van der Waals surface area (Å²) in [5, 5.41) is 13.0. The molecule has 1 atom stereocenters. The lowest BCUT2D eigenvalue weighted by Crippen LogP contribution is -2.47. The number of benzene rings is 1. The standard InChI is InChI=1S/C17H21N3O6/c1-2-12-17(25)20(11-5-3-4-6-13(11)26-12)8-7-14(21)18-9-15(22)19-10-16(23)24/h3-6,12H,2,7-10H2,1H3,(H,18,21)(H,19,22)(H,23,24). The van der Waals surface area contributed by atoms with E-state index in [1.807, 2.05) is 13.0 Å². The van der Waals surface area contributed by atoms with Gasteiger partial charge in [-0.3, -0.25) is 19.2 Å². The van der Waals surface area contributed by atoms with Crippen molar-refractivity contribution in [2.24, 2.45) is 0 Å². The molecule has 1 aliphatic rings. The lowest BCUT2D eigenvalue weighted by Gasteiger charge is -2.33. The minimum absolute atomic E-state index is 0.00270. The predicted octanol–water partition coefficient (Wildman–Crippen LogP) is -0.102. The van der Waals surface area contributed by atoms with Crippen LogP contribution in [-0.4, -0.2) is 54.5 Å². The minimum atomic E-state index is -1.17. The van der Waals surface area contributed by atoms with Crippen molar-refractivity contribution >= 4 is 29.4 Å². The molecule has 140 valence electrons. The largest absolute Gasteiger partial charge is 0.480 e. The van der Waals surface area contributed by atoms with Crippen LogP contribution in [0.4, 0.5) is 5.69 Å². The Labute approximate surface area is 150 Å². The molecule has 1 aromatic rings. The Balaban J connectivity index is 1.89. The summed E-state index contributed by atoms with van der Waals surface area (Å²) in [6.45, 7) is 1.17. The molecular formula is C17H21N3O6. The van der Waals surface area contributed by atoms with Crippen LogP contribution in [0.1, 0.15) is 19.8 Å². The van der Waals surface area contributed by atoms with Crippen molar-refractivity contribution in [3.05, 3.63) is 24.3 Å². The quantitative estimate of drug-likeness (QED) is 0.592. The summed E-state index contributed by atoms with van der Waals surface area (Å²) in [6, 6.07) is 7.10. The van der Waals surface area contributed by atoms with E-state index in [2.05, 4.69) is 10.6 Å². The van der Waals surface area contributed by atoms with Crippen molar-refractivity contribution < 1.29 is 29.0 Å². The highest BCUT2D eigenvalue weighted by molar-refractivity contribution is 6.00. The highest BCUT2D eigenvalue weighted by Gasteiger charge is 2.33. The number of carboxylic acid groups (broad SMARTS) is 1. The number of hydrogen-bond acceptors (Lipinski definition) is 5. The van der Waals surface area contributed by atoms with E-state index in [4.69, 9.17) is 9.84 Å². The number of carboxylic acids is 1. The summed E-state index contributed by atoms with van der Waals surface area (Å²) in [7, 11) is 0. The fraction of sp³-hybridized carbons (Fsp3) is 0.412. The third-order valence-electron chi connectivity index (χ3n) is 3.78. The first-order valence-corrected chi connectivity index (χ1v) is 8.24. The number of para-hydroxylation sites is 2. The van der Waals surface area contributed by atoms with Gasteiger partial charge in [-0.25, -0.2) is 0 Å². The fourth-order valence-corrected chi connectivity index (χ4v) is 2.48. The average molecular weight is 363 g/mol. The number of carbonyl (C=O) groups is 4. The molecule has 9 heteroatoms. The number of nitrogens with one attached hydrogen (secondary N) is 2. The molecule has 2 rings (SSSR count). The Morgan fingerprint density at radius 2 is 1.85 bits per heavy atom. The zero-order valence-electron chi connectivity index (χ0n) is 14.4. The molecule has 3 N–H and O–H groups in total. The van der Waals surface area contributed by atoms with E-state index in [1.165, 1.54) is 4.90 Å². The van der Waals surface area contributed by atoms with Gasteiger partial charge in [-0.05, 0) is 18.6 Å². The Morgan fingerprint density at radius 3 is 2.54 bits per heavy atom. The van der Waals surface area contributed by atoms with Crippen LogP contribution < -0.4 is 20.3 Å². The molecule has 1 aliphatic heterocycles. The van der Waals surface area contributed by atoms with Crippen molar-refractivity contribution in [2.75, 3.05) is 24.5 Å². The van der Waals surface area contributed by atoms with Crippen LogP contribution in [0, 0.1) is 0 Å². The third kappa shape index (κ3) is 4.95. The number of aliphatic carboxylic acids is 1. The molecule has 0 bridgehead atoms. The number of rotatable bonds is 8. The minimum Gasteiger partial charge on any atom is -0.480 e. The summed E-state index contributed by atoms with van der Waals surface area (Å²) in [4.78, 5) is 47.7. The number of carbonyl (C=O) groups excluding carboxylic acids is 3. The third-order valence-corrected chi connectivity index (χ3v) is 3.78. The van der Waals surface area contributed by atoms with Crippen molar-refractivity contribution in [1.82, 2.24) is 10.6 Å². The Morgan fingerprint density at radius 1 is 1.15 bits per heavy atom. The Bertz CT molecular complexity index is 705. The van der Waals surface area contributed by atoms with E-state index in [0.717, 1.165) is 0 Å². The topological polar surface area (TPSA) is 125 Å². The molecule has 0 aromatic heterocycles. The first kappa shape index (κ1) is 19.2. The van der Waals surface area contributed by atoms with Crippen molar-refractivity contribution in [1.29, 1.82) is 0 Å². The van der Waals surface area contributed by atoms with Crippen LogP contribution in [0.5, 0.6) is 5.75 Å².